The van der Waals surface area contributed by atoms with Crippen LogP contribution in [0.3, 0.4) is 0 Å². The lowest BCUT2D eigenvalue weighted by molar-refractivity contribution is -0.122. The summed E-state index contributed by atoms with van der Waals surface area (Å²) < 4.78 is 0. The van der Waals surface area contributed by atoms with Gasteiger partial charge in [-0.3, -0.25) is 4.79 Å². The average molecular weight is 210 g/mol. The molecule has 3 nitrogen and oxygen atoms in total. The zero-order valence-electron chi connectivity index (χ0n) is 9.59. The molecule has 1 aliphatic heterocycles. The van der Waals surface area contributed by atoms with E-state index in [1.807, 2.05) is 0 Å². The minimum atomic E-state index is 0.265. The van der Waals surface area contributed by atoms with Gasteiger partial charge in [-0.2, -0.15) is 0 Å². The van der Waals surface area contributed by atoms with E-state index in [-0.39, 0.29) is 5.91 Å². The van der Waals surface area contributed by atoms with Crippen LogP contribution in [0.25, 0.3) is 0 Å². The lowest BCUT2D eigenvalue weighted by atomic mass is 10.0. The molecule has 86 valence electrons. The third kappa shape index (κ3) is 3.82. The van der Waals surface area contributed by atoms with E-state index in [1.165, 1.54) is 12.8 Å². The highest BCUT2D eigenvalue weighted by Crippen LogP contribution is 2.33. The molecule has 0 aromatic carbocycles. The number of piperidine rings is 1. The van der Waals surface area contributed by atoms with Gasteiger partial charge in [0.1, 0.15) is 0 Å². The Labute approximate surface area is 92.0 Å². The molecule has 1 saturated carbocycles. The van der Waals surface area contributed by atoms with Crippen LogP contribution < -0.4 is 10.6 Å². The van der Waals surface area contributed by atoms with Gasteiger partial charge in [-0.05, 0) is 38.6 Å². The Morgan fingerprint density at radius 3 is 2.87 bits per heavy atom. The van der Waals surface area contributed by atoms with Crippen LogP contribution in [0.5, 0.6) is 0 Å². The summed E-state index contributed by atoms with van der Waals surface area (Å²) in [6, 6.07) is 0.959. The topological polar surface area (TPSA) is 41.1 Å². The van der Waals surface area contributed by atoms with E-state index in [4.69, 9.17) is 0 Å². The van der Waals surface area contributed by atoms with Crippen LogP contribution in [0, 0.1) is 5.92 Å². The summed E-state index contributed by atoms with van der Waals surface area (Å²) >= 11 is 0. The second kappa shape index (κ2) is 4.97. The van der Waals surface area contributed by atoms with Gasteiger partial charge in [-0.15, -0.1) is 0 Å². The molecule has 1 saturated heterocycles. The van der Waals surface area contributed by atoms with E-state index < -0.39 is 0 Å². The van der Waals surface area contributed by atoms with Crippen LogP contribution in [-0.2, 0) is 4.79 Å². The van der Waals surface area contributed by atoms with E-state index in [0.717, 1.165) is 38.1 Å². The van der Waals surface area contributed by atoms with E-state index >= 15 is 0 Å². The van der Waals surface area contributed by atoms with E-state index in [2.05, 4.69) is 17.6 Å². The van der Waals surface area contributed by atoms with Gasteiger partial charge in [0.05, 0.1) is 0 Å². The lowest BCUT2D eigenvalue weighted by Gasteiger charge is -2.28. The molecule has 15 heavy (non-hydrogen) atoms. The summed E-state index contributed by atoms with van der Waals surface area (Å²) in [7, 11) is 0. The van der Waals surface area contributed by atoms with Crippen molar-refractivity contribution < 1.29 is 4.79 Å². The zero-order valence-corrected chi connectivity index (χ0v) is 9.59. The van der Waals surface area contributed by atoms with Gasteiger partial charge < -0.3 is 10.6 Å². The van der Waals surface area contributed by atoms with Crippen molar-refractivity contribution in [3.05, 3.63) is 0 Å². The molecular weight excluding hydrogens is 188 g/mol. The summed E-state index contributed by atoms with van der Waals surface area (Å²) in [6.45, 7) is 3.22. The molecule has 0 bridgehead atoms. The van der Waals surface area contributed by atoms with Gasteiger partial charge >= 0.3 is 0 Å². The third-order valence-corrected chi connectivity index (χ3v) is 3.47. The number of amides is 1. The third-order valence-electron chi connectivity index (χ3n) is 3.47. The molecule has 1 aliphatic carbocycles. The molecule has 2 fully saturated rings. The van der Waals surface area contributed by atoms with Gasteiger partial charge in [0, 0.05) is 18.5 Å². The van der Waals surface area contributed by atoms with Crippen LogP contribution in [0.2, 0.25) is 0 Å². The van der Waals surface area contributed by atoms with Crippen molar-refractivity contribution in [1.82, 2.24) is 10.6 Å². The fraction of sp³-hybridized carbons (Fsp3) is 0.917. The molecule has 0 spiro atoms. The Morgan fingerprint density at radius 1 is 1.40 bits per heavy atom. The average Bonchev–Trinajstić information content (AvgIpc) is 2.98. The maximum absolute atomic E-state index is 11.6. The maximum Gasteiger partial charge on any atom is 0.220 e. The SMILES string of the molecule is CC1CC(NC(=O)CCC2CC2)CCN1. The Hall–Kier alpha value is -0.570. The largest absolute Gasteiger partial charge is 0.353 e. The number of nitrogens with one attached hydrogen (secondary N) is 2. The summed E-state index contributed by atoms with van der Waals surface area (Å²) in [4.78, 5) is 11.6. The van der Waals surface area contributed by atoms with Crippen molar-refractivity contribution in [1.29, 1.82) is 0 Å². The molecule has 1 heterocycles. The summed E-state index contributed by atoms with van der Waals surface area (Å²) in [5, 5.41) is 6.55. The highest BCUT2D eigenvalue weighted by atomic mass is 16.1. The lowest BCUT2D eigenvalue weighted by Crippen LogP contribution is -2.46. The van der Waals surface area contributed by atoms with Crippen LogP contribution in [0.15, 0.2) is 0 Å². The fourth-order valence-corrected chi connectivity index (χ4v) is 2.30. The molecule has 0 aromatic heterocycles. The summed E-state index contributed by atoms with van der Waals surface area (Å²) in [6.07, 6.45) is 6.69. The normalized spacial score (nSPS) is 31.3. The van der Waals surface area contributed by atoms with E-state index in [0.29, 0.717) is 12.1 Å². The highest BCUT2D eigenvalue weighted by Gasteiger charge is 2.23. The van der Waals surface area contributed by atoms with Crippen LogP contribution in [-0.4, -0.2) is 24.5 Å². The summed E-state index contributed by atoms with van der Waals surface area (Å²) in [5.74, 6) is 1.13. The first-order valence-corrected chi connectivity index (χ1v) is 6.27. The number of hydrogen-bond donors (Lipinski definition) is 2. The Balaban J connectivity index is 1.63. The second-order valence-electron chi connectivity index (χ2n) is 5.13. The van der Waals surface area contributed by atoms with Gasteiger partial charge in [0.15, 0.2) is 0 Å². The molecule has 2 unspecified atom stereocenters. The maximum atomic E-state index is 11.6. The molecule has 0 aromatic rings. The smallest absolute Gasteiger partial charge is 0.220 e. The summed E-state index contributed by atoms with van der Waals surface area (Å²) in [5.41, 5.74) is 0. The van der Waals surface area contributed by atoms with E-state index in [9.17, 15) is 4.79 Å². The van der Waals surface area contributed by atoms with Crippen LogP contribution in [0.4, 0.5) is 0 Å². The van der Waals surface area contributed by atoms with Gasteiger partial charge in [0.25, 0.3) is 0 Å². The number of hydrogen-bond acceptors (Lipinski definition) is 2. The first-order chi connectivity index (χ1) is 7.24. The van der Waals surface area contributed by atoms with Crippen molar-refractivity contribution >= 4 is 5.91 Å². The van der Waals surface area contributed by atoms with Crippen LogP contribution >= 0.6 is 0 Å². The van der Waals surface area contributed by atoms with Gasteiger partial charge in [-0.1, -0.05) is 12.8 Å². The molecule has 2 rings (SSSR count). The molecule has 2 atom stereocenters. The fourth-order valence-electron chi connectivity index (χ4n) is 2.30. The first-order valence-electron chi connectivity index (χ1n) is 6.27. The number of carbonyl (C=O) groups is 1. The Kier molecular flexibility index (Phi) is 3.62. The minimum absolute atomic E-state index is 0.265. The highest BCUT2D eigenvalue weighted by molar-refractivity contribution is 5.76. The Morgan fingerprint density at radius 2 is 2.20 bits per heavy atom. The monoisotopic (exact) mass is 210 g/mol. The quantitative estimate of drug-likeness (QED) is 0.737. The molecule has 3 heteroatoms. The minimum Gasteiger partial charge on any atom is -0.353 e. The molecule has 0 radical (unpaired) electrons. The van der Waals surface area contributed by atoms with Crippen molar-refractivity contribution in [2.45, 2.75) is 57.5 Å². The predicted molar refractivity (Wildman–Crippen MR) is 60.6 cm³/mol. The van der Waals surface area contributed by atoms with E-state index in [1.54, 1.807) is 0 Å². The number of rotatable bonds is 4. The van der Waals surface area contributed by atoms with Crippen molar-refractivity contribution in [3.63, 3.8) is 0 Å². The van der Waals surface area contributed by atoms with Crippen molar-refractivity contribution in [2.24, 2.45) is 5.92 Å². The van der Waals surface area contributed by atoms with Crippen molar-refractivity contribution in [2.75, 3.05) is 6.54 Å². The molecule has 1 amide bonds. The van der Waals surface area contributed by atoms with Crippen LogP contribution in [0.1, 0.15) is 45.4 Å². The zero-order chi connectivity index (χ0) is 10.7. The standard InChI is InChI=1S/C12H22N2O/c1-9-8-11(6-7-13-9)14-12(15)5-4-10-2-3-10/h9-11,13H,2-8H2,1H3,(H,14,15). The molecular formula is C12H22N2O. The number of carbonyl (C=O) groups excluding carboxylic acids is 1. The van der Waals surface area contributed by atoms with Crippen molar-refractivity contribution in [3.8, 4) is 0 Å². The van der Waals surface area contributed by atoms with Gasteiger partial charge in [-0.25, -0.2) is 0 Å². The van der Waals surface area contributed by atoms with Gasteiger partial charge in [0.2, 0.25) is 5.91 Å². The predicted octanol–water partition coefficient (Wildman–Crippen LogP) is 1.43. The Bertz CT molecular complexity index is 226. The first kappa shape index (κ1) is 10.9. The molecule has 2 N–H and O–H groups in total. The molecule has 2 aliphatic rings. The second-order valence-corrected chi connectivity index (χ2v) is 5.13.